The highest BCUT2D eigenvalue weighted by Crippen LogP contribution is 2.30. The lowest BCUT2D eigenvalue weighted by Crippen LogP contribution is -2.42. The predicted molar refractivity (Wildman–Crippen MR) is 85.6 cm³/mol. The van der Waals surface area contributed by atoms with E-state index >= 15 is 0 Å². The summed E-state index contributed by atoms with van der Waals surface area (Å²) < 4.78 is 0.848. The van der Waals surface area contributed by atoms with E-state index in [0.29, 0.717) is 11.3 Å². The Morgan fingerprint density at radius 3 is 2.76 bits per heavy atom. The second-order valence-electron chi connectivity index (χ2n) is 4.97. The number of hydrogen-bond donors (Lipinski definition) is 1. The van der Waals surface area contributed by atoms with Crippen LogP contribution in [0.2, 0.25) is 0 Å². The highest BCUT2D eigenvalue weighted by molar-refractivity contribution is 9.10. The molecule has 1 N–H and O–H groups in total. The third-order valence-electron chi connectivity index (χ3n) is 3.30. The SMILES string of the molecule is Cc1cc(Br)cc(C(=O)N2CC(=O)Nc3ccccc32)c1. The van der Waals surface area contributed by atoms with Gasteiger partial charge >= 0.3 is 0 Å². The Labute approximate surface area is 130 Å². The van der Waals surface area contributed by atoms with E-state index in [1.54, 1.807) is 12.1 Å². The van der Waals surface area contributed by atoms with Crippen LogP contribution in [0.25, 0.3) is 0 Å². The fraction of sp³-hybridized carbons (Fsp3) is 0.125. The van der Waals surface area contributed by atoms with Gasteiger partial charge in [0.05, 0.1) is 11.4 Å². The third-order valence-corrected chi connectivity index (χ3v) is 3.76. The van der Waals surface area contributed by atoms with Crippen molar-refractivity contribution in [3.8, 4) is 0 Å². The minimum atomic E-state index is -0.186. The van der Waals surface area contributed by atoms with Crippen LogP contribution in [0.3, 0.4) is 0 Å². The molecule has 0 saturated heterocycles. The number of nitrogens with zero attached hydrogens (tertiary/aromatic N) is 1. The van der Waals surface area contributed by atoms with E-state index in [2.05, 4.69) is 21.2 Å². The molecule has 2 aromatic carbocycles. The topological polar surface area (TPSA) is 49.4 Å². The molecule has 5 heteroatoms. The molecule has 0 aromatic heterocycles. The molecule has 0 saturated carbocycles. The summed E-state index contributed by atoms with van der Waals surface area (Å²) in [5.74, 6) is -0.365. The molecule has 0 aliphatic carbocycles. The van der Waals surface area contributed by atoms with Crippen molar-refractivity contribution in [3.63, 3.8) is 0 Å². The van der Waals surface area contributed by atoms with Crippen molar-refractivity contribution in [2.75, 3.05) is 16.8 Å². The lowest BCUT2D eigenvalue weighted by molar-refractivity contribution is -0.115. The minimum absolute atomic E-state index is 0.0292. The van der Waals surface area contributed by atoms with Gasteiger partial charge in [0.15, 0.2) is 0 Å². The maximum atomic E-state index is 12.7. The Kier molecular flexibility index (Phi) is 3.51. The number of fused-ring (bicyclic) bond motifs is 1. The lowest BCUT2D eigenvalue weighted by atomic mass is 10.1. The number of benzene rings is 2. The number of carbonyl (C=O) groups excluding carboxylic acids is 2. The largest absolute Gasteiger partial charge is 0.323 e. The highest BCUT2D eigenvalue weighted by atomic mass is 79.9. The van der Waals surface area contributed by atoms with E-state index in [1.165, 1.54) is 4.90 Å². The molecule has 0 radical (unpaired) electrons. The van der Waals surface area contributed by atoms with Crippen molar-refractivity contribution in [1.29, 1.82) is 0 Å². The van der Waals surface area contributed by atoms with Gasteiger partial charge in [-0.2, -0.15) is 0 Å². The standard InChI is InChI=1S/C16H13BrN2O2/c1-10-6-11(8-12(17)7-10)16(21)19-9-15(20)18-13-4-2-3-5-14(13)19/h2-8H,9H2,1H3,(H,18,20). The molecule has 106 valence electrons. The van der Waals surface area contributed by atoms with E-state index in [1.807, 2.05) is 37.3 Å². The Hall–Kier alpha value is -2.14. The van der Waals surface area contributed by atoms with E-state index in [-0.39, 0.29) is 18.4 Å². The number of nitrogens with one attached hydrogen (secondary N) is 1. The molecule has 0 atom stereocenters. The zero-order chi connectivity index (χ0) is 15.0. The fourth-order valence-electron chi connectivity index (χ4n) is 2.43. The molecule has 0 spiro atoms. The number of carbonyl (C=O) groups is 2. The number of hydrogen-bond acceptors (Lipinski definition) is 2. The van der Waals surface area contributed by atoms with Crippen LogP contribution in [-0.4, -0.2) is 18.4 Å². The quantitative estimate of drug-likeness (QED) is 0.862. The second kappa shape index (κ2) is 5.33. The molecule has 1 aliphatic rings. The average molecular weight is 345 g/mol. The number of anilines is 2. The van der Waals surface area contributed by atoms with E-state index < -0.39 is 0 Å². The van der Waals surface area contributed by atoms with Crippen LogP contribution in [0.1, 0.15) is 15.9 Å². The molecule has 2 aromatic rings. The smallest absolute Gasteiger partial charge is 0.258 e. The summed E-state index contributed by atoms with van der Waals surface area (Å²) in [4.78, 5) is 26.0. The summed E-state index contributed by atoms with van der Waals surface area (Å²) in [6, 6.07) is 12.8. The summed E-state index contributed by atoms with van der Waals surface area (Å²) in [6.45, 7) is 1.96. The Bertz CT molecular complexity index is 723. The molecule has 4 nitrogen and oxygen atoms in total. The van der Waals surface area contributed by atoms with Crippen molar-refractivity contribution >= 4 is 39.1 Å². The van der Waals surface area contributed by atoms with Gasteiger partial charge in [0.1, 0.15) is 6.54 Å². The van der Waals surface area contributed by atoms with Gasteiger partial charge in [-0.05, 0) is 42.8 Å². The third kappa shape index (κ3) is 2.69. The van der Waals surface area contributed by atoms with Gasteiger partial charge in [0, 0.05) is 10.0 Å². The summed E-state index contributed by atoms with van der Waals surface area (Å²) in [5.41, 5.74) is 2.93. The maximum Gasteiger partial charge on any atom is 0.258 e. The van der Waals surface area contributed by atoms with Crippen molar-refractivity contribution < 1.29 is 9.59 Å². The monoisotopic (exact) mass is 344 g/mol. The Morgan fingerprint density at radius 2 is 2.00 bits per heavy atom. The molecular weight excluding hydrogens is 332 g/mol. The zero-order valence-corrected chi connectivity index (χ0v) is 13.0. The fourth-order valence-corrected chi connectivity index (χ4v) is 3.04. The van der Waals surface area contributed by atoms with Crippen LogP contribution in [-0.2, 0) is 4.79 Å². The molecule has 0 unspecified atom stereocenters. The number of aryl methyl sites for hydroxylation is 1. The van der Waals surface area contributed by atoms with Gasteiger partial charge in [-0.25, -0.2) is 0 Å². The summed E-state index contributed by atoms with van der Waals surface area (Å²) >= 11 is 3.40. The first-order valence-corrected chi connectivity index (χ1v) is 7.32. The van der Waals surface area contributed by atoms with Gasteiger partial charge in [0.2, 0.25) is 5.91 Å². The van der Waals surface area contributed by atoms with Crippen molar-refractivity contribution in [1.82, 2.24) is 0 Å². The van der Waals surface area contributed by atoms with E-state index in [9.17, 15) is 9.59 Å². The van der Waals surface area contributed by atoms with Gasteiger partial charge in [0.25, 0.3) is 5.91 Å². The van der Waals surface area contributed by atoms with Crippen LogP contribution in [0.5, 0.6) is 0 Å². The normalized spacial score (nSPS) is 13.6. The second-order valence-corrected chi connectivity index (χ2v) is 5.89. The first-order valence-electron chi connectivity index (χ1n) is 6.52. The summed E-state index contributed by atoms with van der Waals surface area (Å²) in [7, 11) is 0. The number of para-hydroxylation sites is 2. The first kappa shape index (κ1) is 13.8. The number of halogens is 1. The maximum absolute atomic E-state index is 12.7. The number of rotatable bonds is 1. The molecule has 1 heterocycles. The van der Waals surface area contributed by atoms with Gasteiger partial charge < -0.3 is 5.32 Å². The Balaban J connectivity index is 2.03. The van der Waals surface area contributed by atoms with Crippen LogP contribution in [0.4, 0.5) is 11.4 Å². The van der Waals surface area contributed by atoms with Gasteiger partial charge in [-0.15, -0.1) is 0 Å². The van der Waals surface area contributed by atoms with Crippen LogP contribution in [0, 0.1) is 6.92 Å². The minimum Gasteiger partial charge on any atom is -0.323 e. The van der Waals surface area contributed by atoms with Gasteiger partial charge in [-0.1, -0.05) is 28.1 Å². The first-order chi connectivity index (χ1) is 10.0. The highest BCUT2D eigenvalue weighted by Gasteiger charge is 2.27. The molecule has 3 rings (SSSR count). The molecular formula is C16H13BrN2O2. The molecule has 0 fully saturated rings. The average Bonchev–Trinajstić information content (AvgIpc) is 2.44. The number of amides is 2. The summed E-state index contributed by atoms with van der Waals surface area (Å²) in [6.07, 6.45) is 0. The van der Waals surface area contributed by atoms with Gasteiger partial charge in [-0.3, -0.25) is 14.5 Å². The summed E-state index contributed by atoms with van der Waals surface area (Å²) in [5, 5.41) is 2.78. The van der Waals surface area contributed by atoms with Crippen LogP contribution < -0.4 is 10.2 Å². The zero-order valence-electron chi connectivity index (χ0n) is 11.4. The molecule has 0 bridgehead atoms. The molecule has 21 heavy (non-hydrogen) atoms. The molecule has 2 amide bonds. The van der Waals surface area contributed by atoms with Crippen molar-refractivity contribution in [2.24, 2.45) is 0 Å². The predicted octanol–water partition coefficient (Wildman–Crippen LogP) is 3.36. The van der Waals surface area contributed by atoms with Crippen LogP contribution in [0.15, 0.2) is 46.9 Å². The van der Waals surface area contributed by atoms with E-state index in [4.69, 9.17) is 0 Å². The van der Waals surface area contributed by atoms with Crippen LogP contribution >= 0.6 is 15.9 Å². The van der Waals surface area contributed by atoms with Crippen molar-refractivity contribution in [3.05, 3.63) is 58.1 Å². The Morgan fingerprint density at radius 1 is 1.24 bits per heavy atom. The van der Waals surface area contributed by atoms with Crippen molar-refractivity contribution in [2.45, 2.75) is 6.92 Å². The van der Waals surface area contributed by atoms with E-state index in [0.717, 1.165) is 15.7 Å². The lowest BCUT2D eigenvalue weighted by Gasteiger charge is -2.29. The molecule has 1 aliphatic heterocycles.